The molecule has 2 amide bonds. The third kappa shape index (κ3) is 3.56. The van der Waals surface area contributed by atoms with Crippen molar-refractivity contribution < 1.29 is 18.0 Å². The number of rotatable bonds is 2. The number of anilines is 3. The van der Waals surface area contributed by atoms with Crippen molar-refractivity contribution in [1.29, 1.82) is 0 Å². The second-order valence-electron chi connectivity index (χ2n) is 7.52. The minimum atomic E-state index is -4.44. The molecule has 2 aromatic heterocycles. The van der Waals surface area contributed by atoms with Crippen LogP contribution < -0.4 is 15.1 Å². The third-order valence-corrected chi connectivity index (χ3v) is 5.56. The largest absolute Gasteiger partial charge is 0.416 e. The van der Waals surface area contributed by atoms with E-state index in [1.807, 2.05) is 6.07 Å². The molecule has 1 aromatic carbocycles. The maximum absolute atomic E-state index is 13.1. The van der Waals surface area contributed by atoms with Gasteiger partial charge in [-0.3, -0.25) is 10.2 Å². The lowest BCUT2D eigenvalue weighted by molar-refractivity contribution is -0.137. The van der Waals surface area contributed by atoms with E-state index < -0.39 is 11.7 Å². The predicted molar refractivity (Wildman–Crippen MR) is 111 cm³/mol. The molecule has 0 spiro atoms. The summed E-state index contributed by atoms with van der Waals surface area (Å²) in [5, 5.41) is 2.79. The highest BCUT2D eigenvalue weighted by Crippen LogP contribution is 2.41. The summed E-state index contributed by atoms with van der Waals surface area (Å²) in [6, 6.07) is 13.3. The van der Waals surface area contributed by atoms with E-state index in [4.69, 9.17) is 0 Å². The quantitative estimate of drug-likeness (QED) is 0.641. The molecular formula is C22H18F3N5O. The molecular weight excluding hydrogens is 407 g/mol. The van der Waals surface area contributed by atoms with Gasteiger partial charge in [0.15, 0.2) is 5.82 Å². The highest BCUT2D eigenvalue weighted by Gasteiger charge is 2.40. The van der Waals surface area contributed by atoms with Crippen LogP contribution in [0.2, 0.25) is 0 Å². The topological polar surface area (TPSA) is 61.4 Å². The van der Waals surface area contributed by atoms with Gasteiger partial charge in [-0.25, -0.2) is 14.8 Å². The van der Waals surface area contributed by atoms with Crippen LogP contribution in [-0.2, 0) is 6.18 Å². The van der Waals surface area contributed by atoms with Gasteiger partial charge in [0.2, 0.25) is 0 Å². The van der Waals surface area contributed by atoms with Gasteiger partial charge in [-0.05, 0) is 42.8 Å². The van der Waals surface area contributed by atoms with Gasteiger partial charge in [0.1, 0.15) is 5.82 Å². The van der Waals surface area contributed by atoms with E-state index in [0.717, 1.165) is 30.8 Å². The monoisotopic (exact) mass is 425 g/mol. The first-order valence-corrected chi connectivity index (χ1v) is 9.85. The molecule has 1 saturated heterocycles. The van der Waals surface area contributed by atoms with Crippen molar-refractivity contribution in [3.63, 3.8) is 0 Å². The molecule has 0 radical (unpaired) electrons. The Labute approximate surface area is 176 Å². The van der Waals surface area contributed by atoms with Crippen LogP contribution in [0.4, 0.5) is 35.3 Å². The number of benzene rings is 1. The van der Waals surface area contributed by atoms with Crippen LogP contribution in [0.15, 0.2) is 60.8 Å². The van der Waals surface area contributed by atoms with Crippen molar-refractivity contribution in [2.45, 2.75) is 18.6 Å². The van der Waals surface area contributed by atoms with Crippen molar-refractivity contribution in [3.05, 3.63) is 66.4 Å². The summed E-state index contributed by atoms with van der Waals surface area (Å²) in [5.41, 5.74) is 0.775. The SMILES string of the molecule is O=C(Nc1ccccn1)N1c2nc(-c3cccc(C(F)(F)F)c3)ccc2N2CCC1C2. The molecule has 31 heavy (non-hydrogen) atoms. The molecule has 2 bridgehead atoms. The first-order valence-electron chi connectivity index (χ1n) is 9.85. The average Bonchev–Trinajstić information content (AvgIpc) is 3.18. The van der Waals surface area contributed by atoms with Crippen molar-refractivity contribution >= 4 is 23.4 Å². The molecule has 158 valence electrons. The second-order valence-corrected chi connectivity index (χ2v) is 7.52. The normalized spacial score (nSPS) is 17.5. The molecule has 3 aromatic rings. The summed E-state index contributed by atoms with van der Waals surface area (Å²) in [6.45, 7) is 1.48. The number of amides is 2. The molecule has 2 aliphatic heterocycles. The van der Waals surface area contributed by atoms with E-state index in [1.54, 1.807) is 41.4 Å². The van der Waals surface area contributed by atoms with Crippen molar-refractivity contribution in [2.75, 3.05) is 28.2 Å². The fraction of sp³-hybridized carbons (Fsp3) is 0.227. The zero-order chi connectivity index (χ0) is 21.6. The number of fused-ring (bicyclic) bond motifs is 4. The van der Waals surface area contributed by atoms with Crippen LogP contribution in [-0.4, -0.2) is 35.1 Å². The maximum atomic E-state index is 13.1. The first kappa shape index (κ1) is 19.3. The maximum Gasteiger partial charge on any atom is 0.416 e. The minimum Gasteiger partial charge on any atom is -0.366 e. The standard InChI is InChI=1S/C22H18F3N5O/c23-22(24,25)15-5-3-4-14(12-15)17-7-8-18-20(27-17)30(16-9-11-29(18)13-16)21(31)28-19-6-1-2-10-26-19/h1-8,10,12,16H,9,11,13H2,(H,26,28,31). The van der Waals surface area contributed by atoms with Gasteiger partial charge >= 0.3 is 12.2 Å². The van der Waals surface area contributed by atoms with Gasteiger partial charge < -0.3 is 4.90 Å². The number of hydrogen-bond acceptors (Lipinski definition) is 4. The lowest BCUT2D eigenvalue weighted by Gasteiger charge is -2.35. The molecule has 9 heteroatoms. The van der Waals surface area contributed by atoms with Gasteiger partial charge in [0.05, 0.1) is 23.0 Å². The zero-order valence-corrected chi connectivity index (χ0v) is 16.3. The Morgan fingerprint density at radius 3 is 2.74 bits per heavy atom. The van der Waals surface area contributed by atoms with Crippen LogP contribution in [0.25, 0.3) is 11.3 Å². The highest BCUT2D eigenvalue weighted by atomic mass is 19.4. The fourth-order valence-corrected chi connectivity index (χ4v) is 4.09. The number of pyridine rings is 2. The van der Waals surface area contributed by atoms with Crippen molar-refractivity contribution in [1.82, 2.24) is 9.97 Å². The van der Waals surface area contributed by atoms with Crippen LogP contribution in [0.5, 0.6) is 0 Å². The lowest BCUT2D eigenvalue weighted by atomic mass is 10.1. The summed E-state index contributed by atoms with van der Waals surface area (Å²) in [4.78, 5) is 25.6. The number of carbonyl (C=O) groups excluding carboxylic acids is 1. The van der Waals surface area contributed by atoms with Crippen LogP contribution in [0.3, 0.4) is 0 Å². The molecule has 5 rings (SSSR count). The Balaban J connectivity index is 1.54. The lowest BCUT2D eigenvalue weighted by Crippen LogP contribution is -2.48. The molecule has 1 atom stereocenters. The molecule has 2 aliphatic rings. The van der Waals surface area contributed by atoms with Gasteiger partial charge in [0.25, 0.3) is 0 Å². The summed E-state index contributed by atoms with van der Waals surface area (Å²) in [6.07, 6.45) is -2.07. The molecule has 1 N–H and O–H groups in total. The fourth-order valence-electron chi connectivity index (χ4n) is 4.09. The Bertz CT molecular complexity index is 1140. The van der Waals surface area contributed by atoms with Crippen molar-refractivity contribution in [2.24, 2.45) is 0 Å². The molecule has 4 heterocycles. The summed E-state index contributed by atoms with van der Waals surface area (Å²) >= 11 is 0. The van der Waals surface area contributed by atoms with E-state index in [1.165, 1.54) is 6.07 Å². The zero-order valence-electron chi connectivity index (χ0n) is 16.3. The number of halogens is 3. The Morgan fingerprint density at radius 2 is 1.97 bits per heavy atom. The number of urea groups is 1. The number of hydrogen-bond donors (Lipinski definition) is 1. The van der Waals surface area contributed by atoms with Crippen LogP contribution in [0, 0.1) is 0 Å². The van der Waals surface area contributed by atoms with Gasteiger partial charge in [0, 0.05) is 24.8 Å². The Hall–Kier alpha value is -3.62. The molecule has 6 nitrogen and oxygen atoms in total. The van der Waals surface area contributed by atoms with E-state index in [2.05, 4.69) is 20.2 Å². The first-order chi connectivity index (χ1) is 14.9. The second kappa shape index (κ2) is 7.26. The highest BCUT2D eigenvalue weighted by molar-refractivity contribution is 6.04. The van der Waals surface area contributed by atoms with E-state index in [0.29, 0.717) is 29.4 Å². The number of nitrogens with zero attached hydrogens (tertiary/aromatic N) is 4. The van der Waals surface area contributed by atoms with E-state index in [-0.39, 0.29) is 12.1 Å². The number of carbonyl (C=O) groups is 1. The van der Waals surface area contributed by atoms with Gasteiger partial charge in [-0.1, -0.05) is 18.2 Å². The summed E-state index contributed by atoms with van der Waals surface area (Å²) in [7, 11) is 0. The van der Waals surface area contributed by atoms with Gasteiger partial charge in [-0.2, -0.15) is 13.2 Å². The van der Waals surface area contributed by atoms with Crippen LogP contribution >= 0.6 is 0 Å². The third-order valence-electron chi connectivity index (χ3n) is 5.56. The van der Waals surface area contributed by atoms with E-state index in [9.17, 15) is 18.0 Å². The molecule has 1 unspecified atom stereocenters. The Morgan fingerprint density at radius 1 is 1.10 bits per heavy atom. The smallest absolute Gasteiger partial charge is 0.366 e. The molecule has 1 fully saturated rings. The molecule has 0 aliphatic carbocycles. The van der Waals surface area contributed by atoms with Crippen molar-refractivity contribution in [3.8, 4) is 11.3 Å². The number of alkyl halides is 3. The molecule has 0 saturated carbocycles. The summed E-state index contributed by atoms with van der Waals surface area (Å²) in [5.74, 6) is 0.862. The van der Waals surface area contributed by atoms with Gasteiger partial charge in [-0.15, -0.1) is 0 Å². The minimum absolute atomic E-state index is 0.0690. The van der Waals surface area contributed by atoms with E-state index >= 15 is 0 Å². The number of nitrogens with one attached hydrogen (secondary N) is 1. The predicted octanol–water partition coefficient (Wildman–Crippen LogP) is 4.79. The average molecular weight is 425 g/mol. The Kier molecular flexibility index (Phi) is 4.53. The summed E-state index contributed by atoms with van der Waals surface area (Å²) < 4.78 is 39.4. The van der Waals surface area contributed by atoms with Crippen LogP contribution in [0.1, 0.15) is 12.0 Å². The number of aromatic nitrogens is 2.